The van der Waals surface area contributed by atoms with Gasteiger partial charge >= 0.3 is 0 Å². The van der Waals surface area contributed by atoms with Gasteiger partial charge in [0.15, 0.2) is 0 Å². The number of benzene rings is 1. The molecule has 0 spiro atoms. The molecule has 3 heteroatoms. The van der Waals surface area contributed by atoms with Crippen LogP contribution in [0, 0.1) is 11.8 Å². The topological polar surface area (TPSA) is 43.8 Å². The highest BCUT2D eigenvalue weighted by atomic mass is 15.3. The van der Waals surface area contributed by atoms with E-state index in [1.54, 1.807) is 0 Å². The molecule has 2 aliphatic carbocycles. The van der Waals surface area contributed by atoms with Gasteiger partial charge in [-0.2, -0.15) is 5.10 Å². The van der Waals surface area contributed by atoms with Gasteiger partial charge in [0.25, 0.3) is 0 Å². The Morgan fingerprint density at radius 3 is 2.57 bits per heavy atom. The van der Waals surface area contributed by atoms with E-state index in [0.29, 0.717) is 5.92 Å². The van der Waals surface area contributed by atoms with Gasteiger partial charge in [0.1, 0.15) is 5.82 Å². The van der Waals surface area contributed by atoms with Crippen LogP contribution in [0.15, 0.2) is 30.3 Å². The summed E-state index contributed by atoms with van der Waals surface area (Å²) in [6.45, 7) is 2.22. The van der Waals surface area contributed by atoms with E-state index in [2.05, 4.69) is 19.1 Å². The van der Waals surface area contributed by atoms with E-state index in [9.17, 15) is 0 Å². The molecule has 0 saturated heterocycles. The largest absolute Gasteiger partial charge is 0.383 e. The summed E-state index contributed by atoms with van der Waals surface area (Å²) in [6, 6.07) is 10.3. The third kappa shape index (κ3) is 1.98. The first-order valence-corrected chi connectivity index (χ1v) is 8.24. The Morgan fingerprint density at radius 2 is 1.90 bits per heavy atom. The van der Waals surface area contributed by atoms with Gasteiger partial charge in [-0.15, -0.1) is 0 Å². The van der Waals surface area contributed by atoms with E-state index >= 15 is 0 Å². The lowest BCUT2D eigenvalue weighted by atomic mass is 10.0. The number of nitrogens with two attached hydrogens (primary N) is 1. The summed E-state index contributed by atoms with van der Waals surface area (Å²) in [5.41, 5.74) is 10.1. The Hall–Kier alpha value is -1.77. The minimum Gasteiger partial charge on any atom is -0.383 e. The molecule has 2 atom stereocenters. The van der Waals surface area contributed by atoms with Crippen LogP contribution in [-0.4, -0.2) is 9.78 Å². The van der Waals surface area contributed by atoms with Crippen molar-refractivity contribution < 1.29 is 0 Å². The monoisotopic (exact) mass is 281 g/mol. The summed E-state index contributed by atoms with van der Waals surface area (Å²) in [5.74, 6) is 3.31. The van der Waals surface area contributed by atoms with Gasteiger partial charge in [0, 0.05) is 11.5 Å². The Morgan fingerprint density at radius 1 is 1.19 bits per heavy atom. The fraction of sp³-hybridized carbons (Fsp3) is 0.500. The van der Waals surface area contributed by atoms with E-state index in [1.807, 2.05) is 22.9 Å². The second-order valence-corrected chi connectivity index (χ2v) is 6.53. The van der Waals surface area contributed by atoms with Gasteiger partial charge in [0.2, 0.25) is 0 Å². The van der Waals surface area contributed by atoms with Crippen molar-refractivity contribution in [1.29, 1.82) is 0 Å². The van der Waals surface area contributed by atoms with Crippen molar-refractivity contribution >= 4 is 5.82 Å². The van der Waals surface area contributed by atoms with E-state index < -0.39 is 0 Å². The van der Waals surface area contributed by atoms with Crippen molar-refractivity contribution in [3.63, 3.8) is 0 Å². The Bertz CT molecular complexity index is 634. The maximum absolute atomic E-state index is 6.44. The minimum absolute atomic E-state index is 0.688. The summed E-state index contributed by atoms with van der Waals surface area (Å²) in [6.07, 6.45) is 6.35. The molecule has 2 aliphatic rings. The van der Waals surface area contributed by atoms with Crippen LogP contribution in [0.5, 0.6) is 0 Å². The highest BCUT2D eigenvalue weighted by Gasteiger charge is 2.55. The number of hydrogen-bond acceptors (Lipinski definition) is 2. The van der Waals surface area contributed by atoms with Gasteiger partial charge in [-0.3, -0.25) is 0 Å². The highest BCUT2D eigenvalue weighted by molar-refractivity contribution is 5.52. The van der Waals surface area contributed by atoms with Crippen LogP contribution in [0.4, 0.5) is 5.82 Å². The molecule has 1 aromatic heterocycles. The smallest absolute Gasteiger partial charge is 0.130 e. The summed E-state index contributed by atoms with van der Waals surface area (Å²) < 4.78 is 1.95. The van der Waals surface area contributed by atoms with Gasteiger partial charge in [-0.05, 0) is 43.2 Å². The van der Waals surface area contributed by atoms with E-state index in [-0.39, 0.29) is 0 Å². The number of aromatic nitrogens is 2. The lowest BCUT2D eigenvalue weighted by Crippen LogP contribution is -2.02. The summed E-state index contributed by atoms with van der Waals surface area (Å²) in [5, 5.41) is 4.93. The normalized spacial score (nSPS) is 26.8. The zero-order valence-electron chi connectivity index (χ0n) is 12.6. The highest BCUT2D eigenvalue weighted by Crippen LogP contribution is 2.63. The Labute approximate surface area is 126 Å². The summed E-state index contributed by atoms with van der Waals surface area (Å²) in [7, 11) is 0. The third-order valence-electron chi connectivity index (χ3n) is 5.28. The molecular formula is C18H23N3. The molecule has 1 heterocycles. The fourth-order valence-corrected chi connectivity index (χ4v) is 4.25. The number of para-hydroxylation sites is 1. The number of nitrogens with zero attached hydrogens (tertiary/aromatic N) is 2. The third-order valence-corrected chi connectivity index (χ3v) is 5.28. The molecule has 2 saturated carbocycles. The molecule has 110 valence electrons. The molecule has 2 N–H and O–H groups in total. The molecule has 3 nitrogen and oxygen atoms in total. The summed E-state index contributed by atoms with van der Waals surface area (Å²) >= 11 is 0. The van der Waals surface area contributed by atoms with Crippen LogP contribution in [0.3, 0.4) is 0 Å². The average Bonchev–Trinajstić information content (AvgIpc) is 2.85. The standard InChI is InChI=1S/C18H23N3/c1-2-7-15-17(16-13-10-6-11-14(13)16)20-21(18(15)19)12-8-4-3-5-9-12/h3-5,8-9,13-14,16H,2,6-7,10-11,19H2,1H3. The van der Waals surface area contributed by atoms with E-state index in [4.69, 9.17) is 10.8 Å². The van der Waals surface area contributed by atoms with Crippen molar-refractivity contribution in [2.24, 2.45) is 11.8 Å². The van der Waals surface area contributed by atoms with Gasteiger partial charge in [-0.1, -0.05) is 38.0 Å². The van der Waals surface area contributed by atoms with Crippen LogP contribution in [0.2, 0.25) is 0 Å². The van der Waals surface area contributed by atoms with E-state index in [1.165, 1.54) is 30.5 Å². The molecular weight excluding hydrogens is 258 g/mol. The Balaban J connectivity index is 1.76. The SMILES string of the molecule is CCCc1c(C2C3CCCC32)nn(-c2ccccc2)c1N. The lowest BCUT2D eigenvalue weighted by Gasteiger charge is -2.04. The van der Waals surface area contributed by atoms with Crippen LogP contribution in [0.25, 0.3) is 5.69 Å². The molecule has 2 fully saturated rings. The zero-order chi connectivity index (χ0) is 14.4. The van der Waals surface area contributed by atoms with Crippen LogP contribution in [-0.2, 0) is 6.42 Å². The molecule has 21 heavy (non-hydrogen) atoms. The second kappa shape index (κ2) is 4.90. The van der Waals surface area contributed by atoms with Crippen molar-refractivity contribution in [3.05, 3.63) is 41.6 Å². The van der Waals surface area contributed by atoms with Gasteiger partial charge < -0.3 is 5.73 Å². The van der Waals surface area contributed by atoms with Crippen molar-refractivity contribution in [1.82, 2.24) is 9.78 Å². The van der Waals surface area contributed by atoms with Gasteiger partial charge in [0.05, 0.1) is 11.4 Å². The molecule has 0 radical (unpaired) electrons. The zero-order valence-corrected chi connectivity index (χ0v) is 12.6. The predicted molar refractivity (Wildman–Crippen MR) is 85.5 cm³/mol. The number of rotatable bonds is 4. The number of fused-ring (bicyclic) bond motifs is 1. The first-order valence-electron chi connectivity index (χ1n) is 8.24. The summed E-state index contributed by atoms with van der Waals surface area (Å²) in [4.78, 5) is 0. The van der Waals surface area contributed by atoms with E-state index in [0.717, 1.165) is 36.2 Å². The van der Waals surface area contributed by atoms with Crippen LogP contribution in [0.1, 0.15) is 49.8 Å². The molecule has 0 amide bonds. The first kappa shape index (κ1) is 12.9. The molecule has 4 rings (SSSR count). The maximum Gasteiger partial charge on any atom is 0.130 e. The second-order valence-electron chi connectivity index (χ2n) is 6.53. The maximum atomic E-state index is 6.44. The van der Waals surface area contributed by atoms with Crippen LogP contribution >= 0.6 is 0 Å². The van der Waals surface area contributed by atoms with Crippen molar-refractivity contribution in [2.75, 3.05) is 5.73 Å². The van der Waals surface area contributed by atoms with Crippen molar-refractivity contribution in [2.45, 2.75) is 44.9 Å². The minimum atomic E-state index is 0.688. The first-order chi connectivity index (χ1) is 10.3. The van der Waals surface area contributed by atoms with Crippen LogP contribution < -0.4 is 5.73 Å². The molecule has 1 aromatic carbocycles. The number of hydrogen-bond donors (Lipinski definition) is 1. The number of nitrogen functional groups attached to an aromatic ring is 1. The quantitative estimate of drug-likeness (QED) is 0.923. The van der Waals surface area contributed by atoms with Crippen molar-refractivity contribution in [3.8, 4) is 5.69 Å². The van der Waals surface area contributed by atoms with Gasteiger partial charge in [-0.25, -0.2) is 4.68 Å². The average molecular weight is 281 g/mol. The molecule has 2 unspecified atom stereocenters. The predicted octanol–water partition coefficient (Wildman–Crippen LogP) is 3.92. The lowest BCUT2D eigenvalue weighted by molar-refractivity contribution is 0.659. The number of anilines is 1. The molecule has 0 aliphatic heterocycles. The Kier molecular flexibility index (Phi) is 3.02. The molecule has 0 bridgehead atoms. The molecule has 2 aromatic rings. The fourth-order valence-electron chi connectivity index (χ4n) is 4.25.